The largest absolute Gasteiger partial charge is 0.496 e. The minimum atomic E-state index is 0.823. The molecular formula is C17H27NO. The number of likely N-dealkylation sites (tertiary alicyclic amines) is 1. The summed E-state index contributed by atoms with van der Waals surface area (Å²) in [5, 5.41) is 0. The molecule has 106 valence electrons. The summed E-state index contributed by atoms with van der Waals surface area (Å²) >= 11 is 0. The van der Waals surface area contributed by atoms with Crippen LogP contribution in [-0.4, -0.2) is 25.1 Å². The second-order valence-corrected chi connectivity index (χ2v) is 6.32. The Morgan fingerprint density at radius 3 is 2.32 bits per heavy atom. The van der Waals surface area contributed by atoms with Crippen molar-refractivity contribution in [3.63, 3.8) is 0 Å². The van der Waals surface area contributed by atoms with Crippen LogP contribution in [0.3, 0.4) is 0 Å². The molecule has 0 aromatic heterocycles. The van der Waals surface area contributed by atoms with E-state index >= 15 is 0 Å². The third-order valence-corrected chi connectivity index (χ3v) is 4.41. The highest BCUT2D eigenvalue weighted by Gasteiger charge is 2.22. The molecule has 0 saturated carbocycles. The standard InChI is InChI=1S/C17H27NO/c1-12-8-13(2)10-18(9-12)11-16-6-7-17(19-5)15(4)14(16)3/h6-7,12-13H,8-11H2,1-5H3/t12-,13-/m1/s1. The van der Waals surface area contributed by atoms with Crippen LogP contribution in [0.1, 0.15) is 37.0 Å². The third kappa shape index (κ3) is 3.30. The highest BCUT2D eigenvalue weighted by molar-refractivity contribution is 5.43. The maximum absolute atomic E-state index is 5.39. The van der Waals surface area contributed by atoms with Crippen molar-refractivity contribution in [2.24, 2.45) is 11.8 Å². The van der Waals surface area contributed by atoms with Crippen LogP contribution in [0.25, 0.3) is 0 Å². The smallest absolute Gasteiger partial charge is 0.122 e. The van der Waals surface area contributed by atoms with E-state index in [1.807, 2.05) is 0 Å². The van der Waals surface area contributed by atoms with Gasteiger partial charge in [-0.3, -0.25) is 4.90 Å². The fourth-order valence-electron chi connectivity index (χ4n) is 3.41. The maximum atomic E-state index is 5.39. The second-order valence-electron chi connectivity index (χ2n) is 6.32. The van der Waals surface area contributed by atoms with Crippen LogP contribution in [-0.2, 0) is 6.54 Å². The molecule has 1 aliphatic rings. The van der Waals surface area contributed by atoms with Crippen LogP contribution in [0.2, 0.25) is 0 Å². The van der Waals surface area contributed by atoms with Crippen LogP contribution < -0.4 is 4.74 Å². The summed E-state index contributed by atoms with van der Waals surface area (Å²) in [6.45, 7) is 12.6. The van der Waals surface area contributed by atoms with Crippen LogP contribution in [0.15, 0.2) is 12.1 Å². The molecule has 19 heavy (non-hydrogen) atoms. The molecule has 2 nitrogen and oxygen atoms in total. The molecule has 2 rings (SSSR count). The zero-order valence-corrected chi connectivity index (χ0v) is 13.0. The number of methoxy groups -OCH3 is 1. The van der Waals surface area contributed by atoms with Gasteiger partial charge in [0.05, 0.1) is 7.11 Å². The van der Waals surface area contributed by atoms with Gasteiger partial charge in [-0.25, -0.2) is 0 Å². The highest BCUT2D eigenvalue weighted by atomic mass is 16.5. The van der Waals surface area contributed by atoms with Gasteiger partial charge in [0.25, 0.3) is 0 Å². The molecule has 0 N–H and O–H groups in total. The fraction of sp³-hybridized carbons (Fsp3) is 0.647. The van der Waals surface area contributed by atoms with Crippen molar-refractivity contribution < 1.29 is 4.74 Å². The number of rotatable bonds is 3. The first-order valence-corrected chi connectivity index (χ1v) is 7.36. The monoisotopic (exact) mass is 261 g/mol. The van der Waals surface area contributed by atoms with E-state index in [4.69, 9.17) is 4.74 Å². The van der Waals surface area contributed by atoms with E-state index in [0.29, 0.717) is 0 Å². The quantitative estimate of drug-likeness (QED) is 0.821. The lowest BCUT2D eigenvalue weighted by Gasteiger charge is -2.35. The second kappa shape index (κ2) is 5.96. The number of ether oxygens (including phenoxy) is 1. The van der Waals surface area contributed by atoms with Crippen molar-refractivity contribution in [1.82, 2.24) is 4.90 Å². The summed E-state index contributed by atoms with van der Waals surface area (Å²) in [5.41, 5.74) is 4.10. The van der Waals surface area contributed by atoms with E-state index in [1.54, 1.807) is 7.11 Å². The summed E-state index contributed by atoms with van der Waals surface area (Å²) in [4.78, 5) is 2.60. The van der Waals surface area contributed by atoms with Crippen LogP contribution in [0.4, 0.5) is 0 Å². The Balaban J connectivity index is 2.13. The van der Waals surface area contributed by atoms with E-state index in [1.165, 1.54) is 36.2 Å². The molecular weight excluding hydrogens is 234 g/mol. The van der Waals surface area contributed by atoms with Crippen molar-refractivity contribution in [2.75, 3.05) is 20.2 Å². The van der Waals surface area contributed by atoms with Gasteiger partial charge in [0.2, 0.25) is 0 Å². The summed E-state index contributed by atoms with van der Waals surface area (Å²) in [6.07, 6.45) is 1.37. The van der Waals surface area contributed by atoms with Crippen molar-refractivity contribution in [3.8, 4) is 5.75 Å². The van der Waals surface area contributed by atoms with Crippen LogP contribution in [0, 0.1) is 25.7 Å². The van der Waals surface area contributed by atoms with Crippen LogP contribution in [0.5, 0.6) is 5.75 Å². The Morgan fingerprint density at radius 2 is 1.74 bits per heavy atom. The lowest BCUT2D eigenvalue weighted by Crippen LogP contribution is -2.38. The summed E-state index contributed by atoms with van der Waals surface area (Å²) in [5.74, 6) is 2.65. The van der Waals surface area contributed by atoms with Gasteiger partial charge in [0, 0.05) is 19.6 Å². The van der Waals surface area contributed by atoms with E-state index in [9.17, 15) is 0 Å². The number of benzene rings is 1. The number of hydrogen-bond donors (Lipinski definition) is 0. The lowest BCUT2D eigenvalue weighted by atomic mass is 9.91. The normalized spacial score (nSPS) is 24.5. The predicted molar refractivity (Wildman–Crippen MR) is 80.7 cm³/mol. The lowest BCUT2D eigenvalue weighted by molar-refractivity contribution is 0.134. The molecule has 2 atom stereocenters. The average molecular weight is 261 g/mol. The number of piperidine rings is 1. The third-order valence-electron chi connectivity index (χ3n) is 4.41. The van der Waals surface area contributed by atoms with Gasteiger partial charge in [-0.2, -0.15) is 0 Å². The van der Waals surface area contributed by atoms with E-state index < -0.39 is 0 Å². The zero-order valence-electron chi connectivity index (χ0n) is 13.0. The first kappa shape index (κ1) is 14.4. The van der Waals surface area contributed by atoms with Crippen molar-refractivity contribution in [3.05, 3.63) is 28.8 Å². The summed E-state index contributed by atoms with van der Waals surface area (Å²) < 4.78 is 5.39. The highest BCUT2D eigenvalue weighted by Crippen LogP contribution is 2.27. The van der Waals surface area contributed by atoms with Gasteiger partial charge >= 0.3 is 0 Å². The van der Waals surface area contributed by atoms with Gasteiger partial charge in [-0.1, -0.05) is 19.9 Å². The van der Waals surface area contributed by atoms with Crippen molar-refractivity contribution in [1.29, 1.82) is 0 Å². The number of hydrogen-bond acceptors (Lipinski definition) is 2. The average Bonchev–Trinajstić information content (AvgIpc) is 2.34. The Hall–Kier alpha value is -1.02. The molecule has 0 bridgehead atoms. The maximum Gasteiger partial charge on any atom is 0.122 e. The summed E-state index contributed by atoms with van der Waals surface area (Å²) in [7, 11) is 1.75. The minimum Gasteiger partial charge on any atom is -0.496 e. The van der Waals surface area contributed by atoms with Crippen molar-refractivity contribution in [2.45, 2.75) is 40.7 Å². The molecule has 1 aromatic carbocycles. The van der Waals surface area contributed by atoms with Crippen LogP contribution >= 0.6 is 0 Å². The van der Waals surface area contributed by atoms with E-state index in [2.05, 4.69) is 44.7 Å². The Kier molecular flexibility index (Phi) is 4.51. The van der Waals surface area contributed by atoms with Crippen molar-refractivity contribution >= 4 is 0 Å². The van der Waals surface area contributed by atoms with Gasteiger partial charge < -0.3 is 4.74 Å². The molecule has 0 unspecified atom stereocenters. The number of nitrogens with zero attached hydrogens (tertiary/aromatic N) is 1. The zero-order chi connectivity index (χ0) is 14.0. The molecule has 0 aliphatic carbocycles. The SMILES string of the molecule is COc1ccc(CN2C[C@H](C)C[C@@H](C)C2)c(C)c1C. The topological polar surface area (TPSA) is 12.5 Å². The van der Waals surface area contributed by atoms with Gasteiger partial charge in [-0.15, -0.1) is 0 Å². The molecule has 1 aliphatic heterocycles. The van der Waals surface area contributed by atoms with E-state index in [0.717, 1.165) is 24.1 Å². The Labute approximate surface area is 117 Å². The minimum absolute atomic E-state index is 0.823. The van der Waals surface area contributed by atoms with Gasteiger partial charge in [0.1, 0.15) is 5.75 Å². The molecule has 1 saturated heterocycles. The molecule has 0 radical (unpaired) electrons. The molecule has 2 heteroatoms. The molecule has 0 amide bonds. The molecule has 1 heterocycles. The summed E-state index contributed by atoms with van der Waals surface area (Å²) in [6, 6.07) is 4.33. The fourth-order valence-corrected chi connectivity index (χ4v) is 3.41. The first-order chi connectivity index (χ1) is 9.01. The molecule has 0 spiro atoms. The molecule has 1 fully saturated rings. The van der Waals surface area contributed by atoms with Gasteiger partial charge in [0.15, 0.2) is 0 Å². The predicted octanol–water partition coefficient (Wildman–Crippen LogP) is 3.79. The molecule has 1 aromatic rings. The first-order valence-electron chi connectivity index (χ1n) is 7.36. The van der Waals surface area contributed by atoms with Gasteiger partial charge in [-0.05, 0) is 54.9 Å². The Bertz CT molecular complexity index is 431. The Morgan fingerprint density at radius 1 is 1.11 bits per heavy atom. The van der Waals surface area contributed by atoms with E-state index in [-0.39, 0.29) is 0 Å².